The number of hydrogen-bond donors (Lipinski definition) is 1. The molecule has 0 amide bonds. The minimum atomic E-state index is -3.85. The van der Waals surface area contributed by atoms with Crippen molar-refractivity contribution in [3.63, 3.8) is 0 Å². The molecular weight excluding hydrogens is 382 g/mol. The topological polar surface area (TPSA) is 102 Å². The molecule has 2 aromatic heterocycles. The van der Waals surface area contributed by atoms with Crippen LogP contribution in [0.1, 0.15) is 10.6 Å². The molecule has 0 aliphatic rings. The molecule has 0 spiro atoms. The third-order valence-corrected chi connectivity index (χ3v) is 6.98. The lowest BCUT2D eigenvalue weighted by Gasteiger charge is -2.05. The number of thiophene rings is 1. The number of aryl methyl sites for hydroxylation is 1. The van der Waals surface area contributed by atoms with E-state index in [4.69, 9.17) is 0 Å². The molecule has 2 heterocycles. The fourth-order valence-electron chi connectivity index (χ4n) is 2.11. The second-order valence-corrected chi connectivity index (χ2v) is 8.88. The number of nitro benzene ring substituents is 1. The smallest absolute Gasteiger partial charge is 0.258 e. The fourth-order valence-corrected chi connectivity index (χ4v) is 5.03. The van der Waals surface area contributed by atoms with Crippen LogP contribution in [0.3, 0.4) is 0 Å². The van der Waals surface area contributed by atoms with Gasteiger partial charge in [0.25, 0.3) is 5.69 Å². The van der Waals surface area contributed by atoms with Crippen LogP contribution in [0.15, 0.2) is 46.7 Å². The highest BCUT2D eigenvalue weighted by atomic mass is 32.2. The lowest BCUT2D eigenvalue weighted by atomic mass is 10.3. The number of benzene rings is 1. The van der Waals surface area contributed by atoms with Crippen LogP contribution in [0, 0.1) is 17.0 Å². The van der Waals surface area contributed by atoms with Crippen molar-refractivity contribution in [3.8, 4) is 9.88 Å². The number of aromatic nitrogens is 1. The zero-order valence-electron chi connectivity index (χ0n) is 13.0. The van der Waals surface area contributed by atoms with E-state index in [9.17, 15) is 18.5 Å². The molecule has 0 aliphatic carbocycles. The van der Waals surface area contributed by atoms with Crippen molar-refractivity contribution < 1.29 is 13.3 Å². The van der Waals surface area contributed by atoms with Crippen molar-refractivity contribution in [3.05, 3.63) is 62.5 Å². The minimum Gasteiger partial charge on any atom is -0.258 e. The standard InChI is InChI=1S/C15H13N3O4S3/c1-10-14(24-15(17-10)13-6-3-7-23-13)9-16-25(21,22)12-5-2-4-11(8-12)18(19)20/h2-8,16H,9H2,1H3. The number of nitrogens with zero attached hydrogens (tertiary/aromatic N) is 2. The van der Waals surface area contributed by atoms with Gasteiger partial charge in [-0.3, -0.25) is 10.1 Å². The van der Waals surface area contributed by atoms with Crippen LogP contribution in [0.4, 0.5) is 5.69 Å². The summed E-state index contributed by atoms with van der Waals surface area (Å²) in [6, 6.07) is 8.85. The normalized spacial score (nSPS) is 11.6. The Balaban J connectivity index is 1.79. The molecule has 0 fully saturated rings. The van der Waals surface area contributed by atoms with Crippen LogP contribution >= 0.6 is 22.7 Å². The van der Waals surface area contributed by atoms with E-state index in [1.54, 1.807) is 11.3 Å². The first-order chi connectivity index (χ1) is 11.9. The number of non-ortho nitro benzene ring substituents is 1. The van der Waals surface area contributed by atoms with E-state index in [2.05, 4.69) is 9.71 Å². The van der Waals surface area contributed by atoms with Crippen LogP contribution < -0.4 is 4.72 Å². The Morgan fingerprint density at radius 2 is 2.08 bits per heavy atom. The Labute approximate surface area is 152 Å². The Morgan fingerprint density at radius 3 is 2.76 bits per heavy atom. The Kier molecular flexibility index (Phi) is 4.95. The van der Waals surface area contributed by atoms with Crippen molar-refractivity contribution in [2.45, 2.75) is 18.4 Å². The van der Waals surface area contributed by atoms with E-state index in [0.717, 1.165) is 26.5 Å². The van der Waals surface area contributed by atoms with E-state index in [1.165, 1.54) is 29.5 Å². The first-order valence-electron chi connectivity index (χ1n) is 7.11. The zero-order chi connectivity index (χ0) is 18.0. The van der Waals surface area contributed by atoms with Crippen molar-refractivity contribution in [2.24, 2.45) is 0 Å². The molecule has 0 atom stereocenters. The van der Waals surface area contributed by atoms with Gasteiger partial charge in [0.05, 0.1) is 20.4 Å². The predicted molar refractivity (Wildman–Crippen MR) is 97.3 cm³/mol. The van der Waals surface area contributed by atoms with Gasteiger partial charge in [-0.05, 0) is 24.4 Å². The van der Waals surface area contributed by atoms with E-state index in [-0.39, 0.29) is 17.1 Å². The quantitative estimate of drug-likeness (QED) is 0.508. The summed E-state index contributed by atoms with van der Waals surface area (Å²) in [6.07, 6.45) is 0. The van der Waals surface area contributed by atoms with Gasteiger partial charge in [-0.1, -0.05) is 12.1 Å². The molecule has 0 saturated heterocycles. The predicted octanol–water partition coefficient (Wildman–Crippen LogP) is 3.57. The number of sulfonamides is 1. The SMILES string of the molecule is Cc1nc(-c2cccs2)sc1CNS(=O)(=O)c1cccc([N+](=O)[O-])c1. The lowest BCUT2D eigenvalue weighted by Crippen LogP contribution is -2.23. The molecule has 0 unspecified atom stereocenters. The summed E-state index contributed by atoms with van der Waals surface area (Å²) in [6.45, 7) is 1.91. The van der Waals surface area contributed by atoms with Crippen LogP contribution in [0.5, 0.6) is 0 Å². The molecule has 3 rings (SSSR count). The van der Waals surface area contributed by atoms with Crippen molar-refractivity contribution >= 4 is 38.4 Å². The summed E-state index contributed by atoms with van der Waals surface area (Å²) in [4.78, 5) is 16.3. The highest BCUT2D eigenvalue weighted by Gasteiger charge is 2.19. The van der Waals surface area contributed by atoms with Crippen LogP contribution in [-0.2, 0) is 16.6 Å². The molecule has 25 heavy (non-hydrogen) atoms. The third kappa shape index (κ3) is 3.93. The van der Waals surface area contributed by atoms with Crippen LogP contribution in [0.2, 0.25) is 0 Å². The van der Waals surface area contributed by atoms with E-state index in [1.807, 2.05) is 24.4 Å². The van der Waals surface area contributed by atoms with Crippen LogP contribution in [0.25, 0.3) is 9.88 Å². The first-order valence-corrected chi connectivity index (χ1v) is 10.3. The summed E-state index contributed by atoms with van der Waals surface area (Å²) >= 11 is 2.99. The highest BCUT2D eigenvalue weighted by Crippen LogP contribution is 2.31. The Morgan fingerprint density at radius 1 is 1.28 bits per heavy atom. The number of nitrogens with one attached hydrogen (secondary N) is 1. The van der Waals surface area contributed by atoms with E-state index in [0.29, 0.717) is 0 Å². The van der Waals surface area contributed by atoms with E-state index >= 15 is 0 Å². The summed E-state index contributed by atoms with van der Waals surface area (Å²) in [5, 5.41) is 13.6. The second kappa shape index (κ2) is 7.00. The molecule has 1 N–H and O–H groups in total. The maximum absolute atomic E-state index is 12.4. The summed E-state index contributed by atoms with van der Waals surface area (Å²) < 4.78 is 27.2. The van der Waals surface area contributed by atoms with Gasteiger partial charge in [-0.15, -0.1) is 22.7 Å². The maximum Gasteiger partial charge on any atom is 0.270 e. The van der Waals surface area contributed by atoms with Gasteiger partial charge in [0.1, 0.15) is 5.01 Å². The number of hydrogen-bond acceptors (Lipinski definition) is 7. The molecule has 0 saturated carbocycles. The van der Waals surface area contributed by atoms with Crippen molar-refractivity contribution in [2.75, 3.05) is 0 Å². The second-order valence-electron chi connectivity index (χ2n) is 5.08. The fraction of sp³-hybridized carbons (Fsp3) is 0.133. The largest absolute Gasteiger partial charge is 0.270 e. The summed E-state index contributed by atoms with van der Waals surface area (Å²) in [5.41, 5.74) is 0.493. The molecule has 7 nitrogen and oxygen atoms in total. The highest BCUT2D eigenvalue weighted by molar-refractivity contribution is 7.89. The van der Waals surface area contributed by atoms with Gasteiger partial charge < -0.3 is 0 Å². The number of nitro groups is 1. The third-order valence-electron chi connectivity index (χ3n) is 3.39. The molecular formula is C15H13N3O4S3. The number of thiazole rings is 1. The van der Waals surface area contributed by atoms with E-state index < -0.39 is 14.9 Å². The van der Waals surface area contributed by atoms with Gasteiger partial charge in [-0.2, -0.15) is 0 Å². The number of rotatable bonds is 6. The molecule has 1 aromatic carbocycles. The van der Waals surface area contributed by atoms with Crippen LogP contribution in [-0.4, -0.2) is 18.3 Å². The summed E-state index contributed by atoms with van der Waals surface area (Å²) in [7, 11) is -3.85. The molecule has 0 bridgehead atoms. The molecule has 0 aliphatic heterocycles. The first kappa shape index (κ1) is 17.7. The van der Waals surface area contributed by atoms with Gasteiger partial charge in [0.15, 0.2) is 0 Å². The van der Waals surface area contributed by atoms with Crippen molar-refractivity contribution in [1.82, 2.24) is 9.71 Å². The molecule has 0 radical (unpaired) electrons. The zero-order valence-corrected chi connectivity index (χ0v) is 15.5. The minimum absolute atomic E-state index is 0.0832. The lowest BCUT2D eigenvalue weighted by molar-refractivity contribution is -0.385. The average Bonchev–Trinajstić information content (AvgIpc) is 3.23. The van der Waals surface area contributed by atoms with Crippen molar-refractivity contribution in [1.29, 1.82) is 0 Å². The monoisotopic (exact) mass is 395 g/mol. The average molecular weight is 395 g/mol. The Bertz CT molecular complexity index is 1010. The Hall–Kier alpha value is -2.14. The van der Waals surface area contributed by atoms with Gasteiger partial charge >= 0.3 is 0 Å². The van der Waals surface area contributed by atoms with Gasteiger partial charge in [-0.25, -0.2) is 18.1 Å². The molecule has 130 valence electrons. The molecule has 3 aromatic rings. The van der Waals surface area contributed by atoms with Gasteiger partial charge in [0.2, 0.25) is 10.0 Å². The summed E-state index contributed by atoms with van der Waals surface area (Å²) in [5.74, 6) is 0. The maximum atomic E-state index is 12.4. The van der Waals surface area contributed by atoms with Gasteiger partial charge in [0, 0.05) is 23.6 Å². The molecule has 10 heteroatoms.